The summed E-state index contributed by atoms with van der Waals surface area (Å²) >= 11 is 12.2. The van der Waals surface area contributed by atoms with Gasteiger partial charge in [-0.3, -0.25) is 4.90 Å². The highest BCUT2D eigenvalue weighted by Crippen LogP contribution is 2.31. The van der Waals surface area contributed by atoms with Gasteiger partial charge in [0.05, 0.1) is 6.10 Å². The van der Waals surface area contributed by atoms with Crippen LogP contribution in [0.15, 0.2) is 48.5 Å². The Hall–Kier alpha value is -1.06. The highest BCUT2D eigenvalue weighted by molar-refractivity contribution is 6.35. The number of aliphatic hydroxyl groups is 1. The highest BCUT2D eigenvalue weighted by atomic mass is 35.5. The average Bonchev–Trinajstić information content (AvgIpc) is 2.58. The van der Waals surface area contributed by atoms with E-state index in [1.54, 1.807) is 6.07 Å². The topological polar surface area (TPSA) is 23.5 Å². The molecule has 3 rings (SSSR count). The Labute approximate surface area is 147 Å². The van der Waals surface area contributed by atoms with E-state index in [-0.39, 0.29) is 6.10 Å². The van der Waals surface area contributed by atoms with Gasteiger partial charge in [-0.25, -0.2) is 0 Å². The molecule has 0 amide bonds. The van der Waals surface area contributed by atoms with Gasteiger partial charge in [-0.15, -0.1) is 0 Å². The molecule has 1 aliphatic rings. The molecule has 1 atom stereocenters. The molecule has 2 aromatic rings. The summed E-state index contributed by atoms with van der Waals surface area (Å²) < 4.78 is 0. The van der Waals surface area contributed by atoms with Crippen molar-refractivity contribution in [2.24, 2.45) is 5.92 Å². The number of piperidine rings is 1. The molecule has 0 saturated carbocycles. The third kappa shape index (κ3) is 4.27. The lowest BCUT2D eigenvalue weighted by molar-refractivity contribution is 0.0568. The summed E-state index contributed by atoms with van der Waals surface area (Å²) in [7, 11) is 0. The van der Waals surface area contributed by atoms with E-state index in [0.29, 0.717) is 10.9 Å². The third-order valence-electron chi connectivity index (χ3n) is 4.63. The fourth-order valence-electron chi connectivity index (χ4n) is 3.24. The van der Waals surface area contributed by atoms with Crippen molar-refractivity contribution in [1.29, 1.82) is 0 Å². The molecule has 1 aliphatic heterocycles. The number of hydrogen-bond donors (Lipinski definition) is 1. The maximum Gasteiger partial charge on any atom is 0.0819 e. The Kier molecular flexibility index (Phi) is 5.60. The molecule has 0 spiro atoms. The number of nitrogens with zero attached hydrogens (tertiary/aromatic N) is 1. The van der Waals surface area contributed by atoms with Crippen LogP contribution in [0.3, 0.4) is 0 Å². The molecule has 1 heterocycles. The largest absolute Gasteiger partial charge is 0.388 e. The molecule has 0 bridgehead atoms. The van der Waals surface area contributed by atoms with Gasteiger partial charge in [0.1, 0.15) is 0 Å². The van der Waals surface area contributed by atoms with Gasteiger partial charge in [0.25, 0.3) is 0 Å². The number of halogens is 2. The van der Waals surface area contributed by atoms with Crippen LogP contribution in [-0.2, 0) is 6.54 Å². The number of benzene rings is 2. The predicted octanol–water partition coefficient (Wildman–Crippen LogP) is 4.94. The first-order valence-corrected chi connectivity index (χ1v) is 8.78. The maximum absolute atomic E-state index is 10.5. The molecule has 122 valence electrons. The van der Waals surface area contributed by atoms with Crippen molar-refractivity contribution in [1.82, 2.24) is 4.90 Å². The first-order valence-electron chi connectivity index (χ1n) is 8.03. The van der Waals surface area contributed by atoms with E-state index < -0.39 is 0 Å². The monoisotopic (exact) mass is 349 g/mol. The molecule has 2 aromatic carbocycles. The van der Waals surface area contributed by atoms with Crippen molar-refractivity contribution in [2.75, 3.05) is 13.1 Å². The van der Waals surface area contributed by atoms with E-state index in [9.17, 15) is 5.11 Å². The number of likely N-dealkylation sites (tertiary alicyclic amines) is 1. The Bertz CT molecular complexity index is 639. The molecule has 2 nitrogen and oxygen atoms in total. The van der Waals surface area contributed by atoms with Crippen molar-refractivity contribution in [3.63, 3.8) is 0 Å². The highest BCUT2D eigenvalue weighted by Gasteiger charge is 2.26. The molecule has 0 aromatic heterocycles. The lowest BCUT2D eigenvalue weighted by Crippen LogP contribution is -2.35. The molecular formula is C19H21Cl2NO. The quantitative estimate of drug-likeness (QED) is 0.844. The first kappa shape index (κ1) is 16.8. The standard InChI is InChI=1S/C19H21Cl2NO/c20-17-7-6-16(18(21)12-17)13-22-10-8-15(9-11-22)19(23)14-4-2-1-3-5-14/h1-7,12,15,19,23H,8-11,13H2. The van der Waals surface area contributed by atoms with Crippen LogP contribution in [0.25, 0.3) is 0 Å². The maximum atomic E-state index is 10.5. The summed E-state index contributed by atoms with van der Waals surface area (Å²) in [5.74, 6) is 0.328. The van der Waals surface area contributed by atoms with Gasteiger partial charge in [-0.05, 0) is 55.1 Å². The number of aliphatic hydroxyl groups excluding tert-OH is 1. The fraction of sp³-hybridized carbons (Fsp3) is 0.368. The first-order chi connectivity index (χ1) is 11.1. The molecule has 0 radical (unpaired) electrons. The molecule has 0 aliphatic carbocycles. The smallest absolute Gasteiger partial charge is 0.0819 e. The Morgan fingerprint density at radius 3 is 2.39 bits per heavy atom. The van der Waals surface area contributed by atoms with Crippen molar-refractivity contribution < 1.29 is 5.11 Å². The molecule has 1 fully saturated rings. The van der Waals surface area contributed by atoms with E-state index in [2.05, 4.69) is 4.90 Å². The summed E-state index contributed by atoms with van der Waals surface area (Å²) in [6, 6.07) is 15.6. The van der Waals surface area contributed by atoms with Gasteiger partial charge < -0.3 is 5.11 Å². The van der Waals surface area contributed by atoms with Crippen LogP contribution in [0.1, 0.15) is 30.1 Å². The van der Waals surface area contributed by atoms with Gasteiger partial charge >= 0.3 is 0 Å². The minimum absolute atomic E-state index is 0.328. The minimum atomic E-state index is -0.363. The zero-order valence-corrected chi connectivity index (χ0v) is 14.5. The van der Waals surface area contributed by atoms with Gasteiger partial charge in [0, 0.05) is 16.6 Å². The summed E-state index contributed by atoms with van der Waals surface area (Å²) in [6.45, 7) is 2.80. The van der Waals surface area contributed by atoms with Crippen LogP contribution in [0.2, 0.25) is 10.0 Å². The Balaban J connectivity index is 1.56. The van der Waals surface area contributed by atoms with Crippen LogP contribution >= 0.6 is 23.2 Å². The minimum Gasteiger partial charge on any atom is -0.388 e. The van der Waals surface area contributed by atoms with Crippen molar-refractivity contribution >= 4 is 23.2 Å². The second-order valence-electron chi connectivity index (χ2n) is 6.20. The van der Waals surface area contributed by atoms with E-state index >= 15 is 0 Å². The molecule has 4 heteroatoms. The van der Waals surface area contributed by atoms with Crippen molar-refractivity contribution in [3.8, 4) is 0 Å². The molecule has 23 heavy (non-hydrogen) atoms. The van der Waals surface area contributed by atoms with Gasteiger partial charge in [0.15, 0.2) is 0 Å². The summed E-state index contributed by atoms with van der Waals surface area (Å²) in [5, 5.41) is 11.9. The molecule has 1 saturated heterocycles. The lowest BCUT2D eigenvalue weighted by Gasteiger charge is -2.34. The van der Waals surface area contributed by atoms with Crippen LogP contribution < -0.4 is 0 Å². The summed E-state index contributed by atoms with van der Waals surface area (Å²) in [6.07, 6.45) is 1.64. The molecule has 1 N–H and O–H groups in total. The van der Waals surface area contributed by atoms with Gasteiger partial charge in [-0.2, -0.15) is 0 Å². The molecular weight excluding hydrogens is 329 g/mol. The van der Waals surface area contributed by atoms with Crippen LogP contribution in [0, 0.1) is 5.92 Å². The normalized spacial score (nSPS) is 18.0. The Morgan fingerprint density at radius 2 is 1.74 bits per heavy atom. The molecule has 1 unspecified atom stereocenters. The van der Waals surface area contributed by atoms with Crippen LogP contribution in [0.5, 0.6) is 0 Å². The van der Waals surface area contributed by atoms with Crippen molar-refractivity contribution in [2.45, 2.75) is 25.5 Å². The number of rotatable bonds is 4. The predicted molar refractivity (Wildman–Crippen MR) is 95.9 cm³/mol. The third-order valence-corrected chi connectivity index (χ3v) is 5.22. The SMILES string of the molecule is OC(c1ccccc1)C1CCN(Cc2ccc(Cl)cc2Cl)CC1. The van der Waals surface area contributed by atoms with Crippen LogP contribution in [-0.4, -0.2) is 23.1 Å². The lowest BCUT2D eigenvalue weighted by atomic mass is 9.87. The van der Waals surface area contributed by atoms with Crippen LogP contribution in [0.4, 0.5) is 0 Å². The van der Waals surface area contributed by atoms with E-state index in [1.807, 2.05) is 42.5 Å². The van der Waals surface area contributed by atoms with E-state index in [1.165, 1.54) is 0 Å². The van der Waals surface area contributed by atoms with E-state index in [4.69, 9.17) is 23.2 Å². The zero-order valence-electron chi connectivity index (χ0n) is 13.0. The Morgan fingerprint density at radius 1 is 1.04 bits per heavy atom. The fourth-order valence-corrected chi connectivity index (χ4v) is 3.71. The van der Waals surface area contributed by atoms with Gasteiger partial charge in [0.2, 0.25) is 0 Å². The summed E-state index contributed by atoms with van der Waals surface area (Å²) in [4.78, 5) is 2.39. The number of hydrogen-bond acceptors (Lipinski definition) is 2. The average molecular weight is 350 g/mol. The van der Waals surface area contributed by atoms with Gasteiger partial charge in [-0.1, -0.05) is 59.6 Å². The second-order valence-corrected chi connectivity index (χ2v) is 7.05. The summed E-state index contributed by atoms with van der Waals surface area (Å²) in [5.41, 5.74) is 2.13. The second kappa shape index (κ2) is 7.67. The zero-order chi connectivity index (χ0) is 16.2. The van der Waals surface area contributed by atoms with E-state index in [0.717, 1.165) is 48.6 Å². The van der Waals surface area contributed by atoms with Crippen molar-refractivity contribution in [3.05, 3.63) is 69.7 Å².